The van der Waals surface area contributed by atoms with Crippen LogP contribution in [0.2, 0.25) is 0 Å². The van der Waals surface area contributed by atoms with Crippen LogP contribution in [0.1, 0.15) is 35.1 Å². The first-order valence-electron chi connectivity index (χ1n) is 11.4. The number of imidazole rings is 2. The molecule has 0 radical (unpaired) electrons. The number of carbonyl (C=O) groups excluding carboxylic acids is 2. The lowest BCUT2D eigenvalue weighted by atomic mass is 10.0. The number of aromatic nitrogens is 4. The van der Waals surface area contributed by atoms with Crippen molar-refractivity contribution in [3.63, 3.8) is 0 Å². The average molecular weight is 500 g/mol. The second-order valence-corrected chi connectivity index (χ2v) is 10.3. The summed E-state index contributed by atoms with van der Waals surface area (Å²) in [5.41, 5.74) is 0.711. The zero-order chi connectivity index (χ0) is 25.0. The lowest BCUT2D eigenvalue weighted by Gasteiger charge is -2.30. The molecule has 0 bridgehead atoms. The summed E-state index contributed by atoms with van der Waals surface area (Å²) in [5, 5.41) is 2.75. The number of sulfonamides is 1. The van der Waals surface area contributed by atoms with Gasteiger partial charge in [-0.05, 0) is 12.0 Å². The van der Waals surface area contributed by atoms with Gasteiger partial charge in [0.2, 0.25) is 5.91 Å². The van der Waals surface area contributed by atoms with Crippen molar-refractivity contribution in [1.82, 2.24) is 33.6 Å². The van der Waals surface area contributed by atoms with Gasteiger partial charge in [0, 0.05) is 65.3 Å². The predicted molar refractivity (Wildman–Crippen MR) is 128 cm³/mol. The molecule has 1 atom stereocenters. The summed E-state index contributed by atoms with van der Waals surface area (Å²) in [6.45, 7) is 0.956. The third kappa shape index (κ3) is 5.43. The second kappa shape index (κ2) is 10.4. The van der Waals surface area contributed by atoms with Crippen molar-refractivity contribution in [1.29, 1.82) is 0 Å². The first kappa shape index (κ1) is 24.6. The third-order valence-corrected chi connectivity index (χ3v) is 7.77. The highest BCUT2D eigenvalue weighted by Crippen LogP contribution is 2.30. The lowest BCUT2D eigenvalue weighted by molar-refractivity contribution is -0.122. The van der Waals surface area contributed by atoms with Crippen molar-refractivity contribution in [2.24, 2.45) is 14.1 Å². The highest BCUT2D eigenvalue weighted by molar-refractivity contribution is 7.89. The zero-order valence-electron chi connectivity index (χ0n) is 19.7. The van der Waals surface area contributed by atoms with Gasteiger partial charge < -0.3 is 19.4 Å². The molecule has 4 rings (SSSR count). The van der Waals surface area contributed by atoms with E-state index in [1.54, 1.807) is 40.5 Å². The van der Waals surface area contributed by atoms with Gasteiger partial charge in [-0.1, -0.05) is 30.3 Å². The Bertz CT molecular complexity index is 1290. The van der Waals surface area contributed by atoms with Gasteiger partial charge in [0.25, 0.3) is 15.9 Å². The molecule has 1 aliphatic rings. The van der Waals surface area contributed by atoms with Crippen LogP contribution in [0.25, 0.3) is 0 Å². The maximum atomic E-state index is 13.7. The number of amides is 2. The van der Waals surface area contributed by atoms with Crippen molar-refractivity contribution in [3.8, 4) is 0 Å². The van der Waals surface area contributed by atoms with E-state index < -0.39 is 16.1 Å². The predicted octanol–water partition coefficient (Wildman–Crippen LogP) is 0.938. The topological polar surface area (TPSA) is 122 Å². The molecule has 0 spiro atoms. The summed E-state index contributed by atoms with van der Waals surface area (Å²) in [6.07, 6.45) is 6.43. The van der Waals surface area contributed by atoms with Crippen molar-refractivity contribution in [2.45, 2.75) is 23.9 Å². The molecule has 3 aromatic rings. The van der Waals surface area contributed by atoms with E-state index in [0.29, 0.717) is 25.1 Å². The van der Waals surface area contributed by atoms with E-state index in [0.717, 1.165) is 0 Å². The smallest absolute Gasteiger partial charge is 0.289 e. The van der Waals surface area contributed by atoms with Gasteiger partial charge in [-0.3, -0.25) is 9.59 Å². The Morgan fingerprint density at radius 3 is 2.51 bits per heavy atom. The van der Waals surface area contributed by atoms with Crippen LogP contribution in [0, 0.1) is 0 Å². The zero-order valence-corrected chi connectivity index (χ0v) is 20.6. The summed E-state index contributed by atoms with van der Waals surface area (Å²) in [4.78, 5) is 35.8. The Hall–Kier alpha value is -3.51. The van der Waals surface area contributed by atoms with Gasteiger partial charge in [0.1, 0.15) is 0 Å². The molecular weight excluding hydrogens is 470 g/mol. The van der Waals surface area contributed by atoms with Crippen molar-refractivity contribution in [2.75, 3.05) is 26.2 Å². The molecule has 1 aromatic carbocycles. The van der Waals surface area contributed by atoms with E-state index in [1.807, 2.05) is 30.3 Å². The number of aryl methyl sites for hydroxylation is 2. The molecule has 1 N–H and O–H groups in total. The van der Waals surface area contributed by atoms with Gasteiger partial charge >= 0.3 is 0 Å². The quantitative estimate of drug-likeness (QED) is 0.570. The highest BCUT2D eigenvalue weighted by atomic mass is 32.2. The van der Waals surface area contributed by atoms with Crippen LogP contribution in [0.15, 0.2) is 60.3 Å². The Balaban J connectivity index is 1.68. The van der Waals surface area contributed by atoms with E-state index in [-0.39, 0.29) is 42.2 Å². The normalized spacial score (nSPS) is 18.6. The van der Waals surface area contributed by atoms with Gasteiger partial charge in [0.05, 0.1) is 12.4 Å². The average Bonchev–Trinajstić information content (AvgIpc) is 3.47. The fraction of sp³-hybridized carbons (Fsp3) is 0.391. The molecule has 2 amide bonds. The summed E-state index contributed by atoms with van der Waals surface area (Å²) < 4.78 is 32.0. The van der Waals surface area contributed by atoms with Gasteiger partial charge in [-0.25, -0.2) is 18.4 Å². The first-order valence-corrected chi connectivity index (χ1v) is 12.8. The SMILES string of the molecule is Cn1cnc(S(=O)(=O)N2CCCN(C(=O)c3nccn3C)CCNC(=O)CC2c2ccccc2)c1. The van der Waals surface area contributed by atoms with Crippen LogP contribution in [-0.2, 0) is 28.9 Å². The summed E-state index contributed by atoms with van der Waals surface area (Å²) >= 11 is 0. The molecule has 2 aromatic heterocycles. The third-order valence-electron chi connectivity index (χ3n) is 5.98. The Morgan fingerprint density at radius 2 is 1.86 bits per heavy atom. The molecular formula is C23H29N7O4S. The van der Waals surface area contributed by atoms with Crippen LogP contribution in [-0.4, -0.2) is 74.7 Å². The monoisotopic (exact) mass is 499 g/mol. The van der Waals surface area contributed by atoms with Crippen LogP contribution in [0.3, 0.4) is 0 Å². The fourth-order valence-electron chi connectivity index (χ4n) is 4.17. The molecule has 1 unspecified atom stereocenters. The lowest BCUT2D eigenvalue weighted by Crippen LogP contribution is -2.40. The Kier molecular flexibility index (Phi) is 7.31. The summed E-state index contributed by atoms with van der Waals surface area (Å²) in [7, 11) is -0.595. The Morgan fingerprint density at radius 1 is 1.09 bits per heavy atom. The van der Waals surface area contributed by atoms with Gasteiger partial charge in [-0.2, -0.15) is 4.31 Å². The molecule has 0 aliphatic carbocycles. The van der Waals surface area contributed by atoms with E-state index >= 15 is 0 Å². The number of hydrogen-bond acceptors (Lipinski definition) is 6. The number of benzene rings is 1. The minimum absolute atomic E-state index is 0.0522. The number of carbonyl (C=O) groups is 2. The van der Waals surface area contributed by atoms with E-state index in [4.69, 9.17) is 0 Å². The molecule has 35 heavy (non-hydrogen) atoms. The summed E-state index contributed by atoms with van der Waals surface area (Å²) in [5.74, 6) is -0.289. The number of rotatable bonds is 4. The summed E-state index contributed by atoms with van der Waals surface area (Å²) in [6, 6.07) is 8.38. The molecule has 3 heterocycles. The number of nitrogens with zero attached hydrogens (tertiary/aromatic N) is 6. The highest BCUT2D eigenvalue weighted by Gasteiger charge is 2.35. The minimum Gasteiger partial charge on any atom is -0.354 e. The van der Waals surface area contributed by atoms with Crippen LogP contribution in [0.5, 0.6) is 0 Å². The van der Waals surface area contributed by atoms with Crippen LogP contribution in [0.4, 0.5) is 0 Å². The largest absolute Gasteiger partial charge is 0.354 e. The second-order valence-electron chi connectivity index (χ2n) is 8.48. The standard InChI is InChI=1S/C23H29N7O4S/c1-27-16-21(26-17-27)35(33,34)30-12-6-11-29(23(32)22-25-9-13-28(22)2)14-10-24-20(31)15-19(30)18-7-4-3-5-8-18/h3-5,7-9,13,16-17,19H,6,10-12,14-15H2,1-2H3,(H,24,31). The van der Waals surface area contributed by atoms with Gasteiger partial charge in [-0.15, -0.1) is 0 Å². The molecule has 11 nitrogen and oxygen atoms in total. The molecule has 1 aliphatic heterocycles. The van der Waals surface area contributed by atoms with Gasteiger partial charge in [0.15, 0.2) is 10.9 Å². The maximum absolute atomic E-state index is 13.7. The molecule has 1 saturated heterocycles. The Labute approximate surface area is 204 Å². The molecule has 186 valence electrons. The van der Waals surface area contributed by atoms with Crippen molar-refractivity contribution < 1.29 is 18.0 Å². The first-order chi connectivity index (χ1) is 16.8. The van der Waals surface area contributed by atoms with E-state index in [2.05, 4.69) is 15.3 Å². The van der Waals surface area contributed by atoms with Crippen LogP contribution >= 0.6 is 0 Å². The molecule has 0 saturated carbocycles. The molecule has 1 fully saturated rings. The van der Waals surface area contributed by atoms with E-state index in [1.165, 1.54) is 16.8 Å². The maximum Gasteiger partial charge on any atom is 0.289 e. The minimum atomic E-state index is -4.03. The number of hydrogen-bond donors (Lipinski definition) is 1. The fourth-order valence-corrected chi connectivity index (χ4v) is 5.79. The van der Waals surface area contributed by atoms with E-state index in [9.17, 15) is 18.0 Å². The van der Waals surface area contributed by atoms with Crippen molar-refractivity contribution in [3.05, 3.63) is 66.6 Å². The molecule has 12 heteroatoms. The van der Waals surface area contributed by atoms with Crippen molar-refractivity contribution >= 4 is 21.8 Å². The number of nitrogens with one attached hydrogen (secondary N) is 1. The van der Waals surface area contributed by atoms with Crippen LogP contribution < -0.4 is 5.32 Å².